The number of nitrogens with zero attached hydrogens (tertiary/aromatic N) is 3. The van der Waals surface area contributed by atoms with E-state index in [2.05, 4.69) is 0 Å². The molecule has 0 bridgehead atoms. The maximum Gasteiger partial charge on any atom is 0.320 e. The Labute approximate surface area is 144 Å². The number of rotatable bonds is 2. The molecule has 1 aromatic carbocycles. The quantitative estimate of drug-likeness (QED) is 0.764. The third-order valence-electron chi connectivity index (χ3n) is 4.32. The van der Waals surface area contributed by atoms with E-state index in [1.54, 1.807) is 9.80 Å². The fourth-order valence-corrected chi connectivity index (χ4v) is 4.30. The van der Waals surface area contributed by atoms with Gasteiger partial charge in [-0.15, -0.1) is 0 Å². The predicted molar refractivity (Wildman–Crippen MR) is 84.5 cm³/mol. The van der Waals surface area contributed by atoms with E-state index in [4.69, 9.17) is 4.74 Å². The summed E-state index contributed by atoms with van der Waals surface area (Å²) in [7, 11) is -3.92. The second kappa shape index (κ2) is 7.22. The first kappa shape index (κ1) is 18.0. The van der Waals surface area contributed by atoms with Crippen molar-refractivity contribution < 1.29 is 26.7 Å². The van der Waals surface area contributed by atoms with E-state index in [1.807, 2.05) is 0 Å². The van der Waals surface area contributed by atoms with Crippen molar-refractivity contribution in [1.82, 2.24) is 14.1 Å². The minimum Gasteiger partial charge on any atom is -0.378 e. The Bertz CT molecular complexity index is 745. The zero-order valence-electron chi connectivity index (χ0n) is 13.5. The third-order valence-corrected chi connectivity index (χ3v) is 6.21. The number of urea groups is 1. The molecule has 0 N–H and O–H groups in total. The van der Waals surface area contributed by atoms with Gasteiger partial charge in [0.25, 0.3) is 0 Å². The number of sulfonamides is 1. The van der Waals surface area contributed by atoms with Gasteiger partial charge < -0.3 is 14.5 Å². The largest absolute Gasteiger partial charge is 0.378 e. The van der Waals surface area contributed by atoms with Gasteiger partial charge in [-0.1, -0.05) is 0 Å². The molecule has 0 saturated carbocycles. The normalized spacial score (nSPS) is 19.9. The molecule has 0 aromatic heterocycles. The van der Waals surface area contributed by atoms with Crippen molar-refractivity contribution in [3.63, 3.8) is 0 Å². The number of benzene rings is 1. The van der Waals surface area contributed by atoms with E-state index >= 15 is 0 Å². The Morgan fingerprint density at radius 2 is 1.52 bits per heavy atom. The minimum absolute atomic E-state index is 0.109. The van der Waals surface area contributed by atoms with Crippen LogP contribution in [0, 0.1) is 11.6 Å². The molecule has 0 atom stereocenters. The summed E-state index contributed by atoms with van der Waals surface area (Å²) in [6.07, 6.45) is 0. The highest BCUT2D eigenvalue weighted by Gasteiger charge is 2.32. The van der Waals surface area contributed by atoms with Crippen molar-refractivity contribution in [2.75, 3.05) is 52.5 Å². The van der Waals surface area contributed by atoms with Gasteiger partial charge in [0.2, 0.25) is 10.0 Å². The summed E-state index contributed by atoms with van der Waals surface area (Å²) < 4.78 is 57.8. The van der Waals surface area contributed by atoms with Crippen LogP contribution < -0.4 is 0 Å². The van der Waals surface area contributed by atoms with Gasteiger partial charge in [0, 0.05) is 39.3 Å². The predicted octanol–water partition coefficient (Wildman–Crippen LogP) is 0.723. The highest BCUT2D eigenvalue weighted by atomic mass is 32.2. The average Bonchev–Trinajstić information content (AvgIpc) is 2.64. The van der Waals surface area contributed by atoms with Crippen LogP contribution in [-0.4, -0.2) is 81.0 Å². The summed E-state index contributed by atoms with van der Waals surface area (Å²) in [5.41, 5.74) is 0. The van der Waals surface area contributed by atoms with Gasteiger partial charge >= 0.3 is 6.03 Å². The summed E-state index contributed by atoms with van der Waals surface area (Å²) in [4.78, 5) is 15.4. The van der Waals surface area contributed by atoms with Crippen LogP contribution in [-0.2, 0) is 14.8 Å². The van der Waals surface area contributed by atoms with Gasteiger partial charge in [-0.2, -0.15) is 4.31 Å². The average molecular weight is 375 g/mol. The summed E-state index contributed by atoms with van der Waals surface area (Å²) in [5, 5.41) is 0. The SMILES string of the molecule is O=C(N1CCOCC1)N1CCN(S(=O)(=O)c2ccc(F)c(F)c2)CC1. The van der Waals surface area contributed by atoms with Gasteiger partial charge in [-0.05, 0) is 18.2 Å². The molecule has 7 nitrogen and oxygen atoms in total. The fourth-order valence-electron chi connectivity index (χ4n) is 2.86. The molecule has 10 heteroatoms. The summed E-state index contributed by atoms with van der Waals surface area (Å²) in [5.74, 6) is -2.30. The lowest BCUT2D eigenvalue weighted by molar-refractivity contribution is 0.0405. The van der Waals surface area contributed by atoms with Crippen LogP contribution in [0.2, 0.25) is 0 Å². The number of ether oxygens (including phenoxy) is 1. The van der Waals surface area contributed by atoms with E-state index in [-0.39, 0.29) is 37.1 Å². The lowest BCUT2D eigenvalue weighted by Crippen LogP contribution is -2.55. The maximum atomic E-state index is 13.3. The molecule has 25 heavy (non-hydrogen) atoms. The highest BCUT2D eigenvalue weighted by Crippen LogP contribution is 2.20. The second-order valence-electron chi connectivity index (χ2n) is 5.85. The van der Waals surface area contributed by atoms with Crippen LogP contribution in [0.3, 0.4) is 0 Å². The van der Waals surface area contributed by atoms with Crippen LogP contribution in [0.5, 0.6) is 0 Å². The topological polar surface area (TPSA) is 70.2 Å². The molecule has 0 unspecified atom stereocenters. The second-order valence-corrected chi connectivity index (χ2v) is 7.79. The molecule has 1 aromatic rings. The number of carbonyl (C=O) groups is 1. The highest BCUT2D eigenvalue weighted by molar-refractivity contribution is 7.89. The molecule has 2 heterocycles. The smallest absolute Gasteiger partial charge is 0.320 e. The summed E-state index contributed by atoms with van der Waals surface area (Å²) in [6, 6.07) is 2.38. The molecular formula is C15H19F2N3O4S. The number of carbonyl (C=O) groups excluding carboxylic acids is 1. The van der Waals surface area contributed by atoms with Crippen LogP contribution >= 0.6 is 0 Å². The van der Waals surface area contributed by atoms with Gasteiger partial charge in [-0.25, -0.2) is 22.0 Å². The molecule has 2 amide bonds. The maximum absolute atomic E-state index is 13.3. The number of amides is 2. The van der Waals surface area contributed by atoms with Crippen molar-refractivity contribution in [2.24, 2.45) is 0 Å². The monoisotopic (exact) mass is 375 g/mol. The van der Waals surface area contributed by atoms with Gasteiger partial charge in [0.15, 0.2) is 11.6 Å². The molecule has 0 radical (unpaired) electrons. The number of morpholine rings is 1. The first-order chi connectivity index (χ1) is 11.9. The van der Waals surface area contributed by atoms with E-state index in [9.17, 15) is 22.0 Å². The van der Waals surface area contributed by atoms with Crippen molar-refractivity contribution in [3.8, 4) is 0 Å². The lowest BCUT2D eigenvalue weighted by Gasteiger charge is -2.38. The van der Waals surface area contributed by atoms with Gasteiger partial charge in [-0.3, -0.25) is 0 Å². The van der Waals surface area contributed by atoms with Crippen molar-refractivity contribution >= 4 is 16.1 Å². The van der Waals surface area contributed by atoms with Crippen LogP contribution in [0.1, 0.15) is 0 Å². The summed E-state index contributed by atoms with van der Waals surface area (Å²) >= 11 is 0. The zero-order valence-corrected chi connectivity index (χ0v) is 14.3. The Morgan fingerprint density at radius 3 is 2.12 bits per heavy atom. The number of piperazine rings is 1. The van der Waals surface area contributed by atoms with Gasteiger partial charge in [0.1, 0.15) is 0 Å². The lowest BCUT2D eigenvalue weighted by atomic mass is 10.3. The number of halogens is 2. The zero-order chi connectivity index (χ0) is 18.0. The van der Waals surface area contributed by atoms with E-state index in [1.165, 1.54) is 4.31 Å². The summed E-state index contributed by atoms with van der Waals surface area (Å²) in [6.45, 7) is 2.75. The molecular weight excluding hydrogens is 356 g/mol. The molecule has 2 saturated heterocycles. The van der Waals surface area contributed by atoms with Crippen molar-refractivity contribution in [2.45, 2.75) is 4.90 Å². The molecule has 138 valence electrons. The Morgan fingerprint density at radius 1 is 0.920 bits per heavy atom. The van der Waals surface area contributed by atoms with Crippen LogP contribution in [0.4, 0.5) is 13.6 Å². The Hall–Kier alpha value is -1.78. The Kier molecular flexibility index (Phi) is 5.21. The fraction of sp³-hybridized carbons (Fsp3) is 0.533. The molecule has 0 spiro atoms. The number of hydrogen-bond acceptors (Lipinski definition) is 4. The van der Waals surface area contributed by atoms with Crippen LogP contribution in [0.15, 0.2) is 23.1 Å². The van der Waals surface area contributed by atoms with Gasteiger partial charge in [0.05, 0.1) is 18.1 Å². The standard InChI is InChI=1S/C15H19F2N3O4S/c16-13-2-1-12(11-14(13)17)25(22,23)20-5-3-18(4-6-20)15(21)19-7-9-24-10-8-19/h1-2,11H,3-10H2. The van der Waals surface area contributed by atoms with E-state index in [0.29, 0.717) is 32.4 Å². The molecule has 2 fully saturated rings. The minimum atomic E-state index is -3.92. The molecule has 3 rings (SSSR count). The first-order valence-corrected chi connectivity index (χ1v) is 9.40. The number of hydrogen-bond donors (Lipinski definition) is 0. The third kappa shape index (κ3) is 3.75. The molecule has 2 aliphatic heterocycles. The van der Waals surface area contributed by atoms with Crippen molar-refractivity contribution in [3.05, 3.63) is 29.8 Å². The molecule has 2 aliphatic rings. The van der Waals surface area contributed by atoms with E-state index in [0.717, 1.165) is 12.1 Å². The van der Waals surface area contributed by atoms with E-state index < -0.39 is 21.7 Å². The van der Waals surface area contributed by atoms with Crippen molar-refractivity contribution in [1.29, 1.82) is 0 Å². The first-order valence-electron chi connectivity index (χ1n) is 7.96. The molecule has 0 aliphatic carbocycles. The van der Waals surface area contributed by atoms with Crippen LogP contribution in [0.25, 0.3) is 0 Å². The Balaban J connectivity index is 1.64.